The highest BCUT2D eigenvalue weighted by Crippen LogP contribution is 2.37. The van der Waals surface area contributed by atoms with Crippen molar-refractivity contribution in [3.8, 4) is 11.5 Å². The Labute approximate surface area is 87.3 Å². The van der Waals surface area contributed by atoms with Crippen LogP contribution in [0.5, 0.6) is 11.5 Å². The number of hydrogen-bond acceptors (Lipinski definition) is 3. The van der Waals surface area contributed by atoms with Crippen LogP contribution >= 0.6 is 17.0 Å². The third-order valence-electron chi connectivity index (χ3n) is 2.10. The molecule has 0 radical (unpaired) electrons. The molecular formula is C9H12BrNO2. The van der Waals surface area contributed by atoms with Crippen LogP contribution in [-0.4, -0.2) is 11.7 Å². The van der Waals surface area contributed by atoms with Crippen LogP contribution in [0.15, 0.2) is 18.2 Å². The summed E-state index contributed by atoms with van der Waals surface area (Å²) in [6.45, 7) is 0.589. The molecule has 4 heteroatoms. The van der Waals surface area contributed by atoms with Crippen molar-refractivity contribution in [2.75, 3.05) is 6.61 Å². The van der Waals surface area contributed by atoms with E-state index in [0.717, 1.165) is 12.0 Å². The molecule has 3 nitrogen and oxygen atoms in total. The Hall–Kier alpha value is -0.740. The minimum atomic E-state index is 0. The van der Waals surface area contributed by atoms with Crippen molar-refractivity contribution >= 4 is 17.0 Å². The molecule has 0 bridgehead atoms. The van der Waals surface area contributed by atoms with E-state index in [4.69, 9.17) is 10.5 Å². The summed E-state index contributed by atoms with van der Waals surface area (Å²) < 4.78 is 5.29. The number of para-hydroxylation sites is 1. The molecule has 72 valence electrons. The SMILES string of the molecule is Br.NC1CCOc2c(O)cccc21. The molecule has 0 saturated heterocycles. The molecule has 1 unspecified atom stereocenters. The molecule has 1 atom stereocenters. The van der Waals surface area contributed by atoms with E-state index in [2.05, 4.69) is 0 Å². The minimum absolute atomic E-state index is 0. The summed E-state index contributed by atoms with van der Waals surface area (Å²) in [6, 6.07) is 5.28. The van der Waals surface area contributed by atoms with Gasteiger partial charge in [0.15, 0.2) is 11.5 Å². The lowest BCUT2D eigenvalue weighted by Crippen LogP contribution is -2.20. The zero-order valence-electron chi connectivity index (χ0n) is 7.06. The van der Waals surface area contributed by atoms with Gasteiger partial charge in [0.2, 0.25) is 0 Å². The summed E-state index contributed by atoms with van der Waals surface area (Å²) in [5.74, 6) is 0.735. The molecule has 13 heavy (non-hydrogen) atoms. The van der Waals surface area contributed by atoms with Crippen LogP contribution in [0.4, 0.5) is 0 Å². The van der Waals surface area contributed by atoms with Gasteiger partial charge in [-0.15, -0.1) is 17.0 Å². The first-order valence-corrected chi connectivity index (χ1v) is 3.99. The highest BCUT2D eigenvalue weighted by molar-refractivity contribution is 8.93. The number of nitrogens with two attached hydrogens (primary N) is 1. The standard InChI is InChI=1S/C9H11NO2.BrH/c10-7-4-5-12-9-6(7)2-1-3-8(9)11;/h1-3,7,11H,4-5,10H2;1H. The zero-order valence-corrected chi connectivity index (χ0v) is 8.78. The number of phenolic OH excluding ortho intramolecular Hbond substituents is 1. The normalized spacial score (nSPS) is 19.6. The Morgan fingerprint density at radius 1 is 1.46 bits per heavy atom. The van der Waals surface area contributed by atoms with Gasteiger partial charge in [0.05, 0.1) is 6.61 Å². The number of aromatic hydroxyl groups is 1. The maximum atomic E-state index is 9.39. The van der Waals surface area contributed by atoms with Gasteiger partial charge < -0.3 is 15.6 Å². The Balaban J connectivity index is 0.000000845. The monoisotopic (exact) mass is 245 g/mol. The molecule has 1 heterocycles. The lowest BCUT2D eigenvalue weighted by Gasteiger charge is -2.23. The van der Waals surface area contributed by atoms with Crippen molar-refractivity contribution in [2.45, 2.75) is 12.5 Å². The summed E-state index contributed by atoms with van der Waals surface area (Å²) in [4.78, 5) is 0. The van der Waals surface area contributed by atoms with E-state index in [-0.39, 0.29) is 28.8 Å². The van der Waals surface area contributed by atoms with Gasteiger partial charge in [-0.3, -0.25) is 0 Å². The van der Waals surface area contributed by atoms with E-state index >= 15 is 0 Å². The van der Waals surface area contributed by atoms with E-state index in [9.17, 15) is 5.11 Å². The van der Waals surface area contributed by atoms with Gasteiger partial charge in [-0.1, -0.05) is 12.1 Å². The second-order valence-electron chi connectivity index (χ2n) is 2.94. The van der Waals surface area contributed by atoms with Crippen molar-refractivity contribution in [2.24, 2.45) is 5.73 Å². The third kappa shape index (κ3) is 1.78. The maximum Gasteiger partial charge on any atom is 0.165 e. The van der Waals surface area contributed by atoms with Crippen molar-refractivity contribution < 1.29 is 9.84 Å². The highest BCUT2D eigenvalue weighted by Gasteiger charge is 2.19. The third-order valence-corrected chi connectivity index (χ3v) is 2.10. The van der Waals surface area contributed by atoms with Crippen LogP contribution in [0.2, 0.25) is 0 Å². The summed E-state index contributed by atoms with van der Waals surface area (Å²) in [7, 11) is 0. The molecule has 0 aliphatic carbocycles. The summed E-state index contributed by atoms with van der Waals surface area (Å²) in [6.07, 6.45) is 0.816. The topological polar surface area (TPSA) is 55.5 Å². The number of fused-ring (bicyclic) bond motifs is 1. The Morgan fingerprint density at radius 3 is 2.92 bits per heavy atom. The van der Waals surface area contributed by atoms with Gasteiger partial charge in [-0.05, 0) is 6.07 Å². The van der Waals surface area contributed by atoms with Crippen LogP contribution in [0.25, 0.3) is 0 Å². The molecule has 2 rings (SSSR count). The number of hydrogen-bond donors (Lipinski definition) is 2. The molecular weight excluding hydrogens is 234 g/mol. The summed E-state index contributed by atoms with van der Waals surface area (Å²) in [5.41, 5.74) is 6.73. The molecule has 1 aromatic carbocycles. The van der Waals surface area contributed by atoms with E-state index < -0.39 is 0 Å². The fourth-order valence-corrected chi connectivity index (χ4v) is 1.43. The van der Waals surface area contributed by atoms with Gasteiger partial charge in [0.1, 0.15) is 0 Å². The van der Waals surface area contributed by atoms with E-state index in [1.807, 2.05) is 6.07 Å². The molecule has 0 saturated carbocycles. The number of benzene rings is 1. The summed E-state index contributed by atoms with van der Waals surface area (Å²) >= 11 is 0. The fraction of sp³-hybridized carbons (Fsp3) is 0.333. The van der Waals surface area contributed by atoms with E-state index in [0.29, 0.717) is 12.4 Å². The van der Waals surface area contributed by atoms with Crippen LogP contribution in [0, 0.1) is 0 Å². The molecule has 0 aromatic heterocycles. The van der Waals surface area contributed by atoms with Gasteiger partial charge >= 0.3 is 0 Å². The van der Waals surface area contributed by atoms with Crippen LogP contribution in [0.1, 0.15) is 18.0 Å². The number of ether oxygens (including phenoxy) is 1. The highest BCUT2D eigenvalue weighted by atomic mass is 79.9. The largest absolute Gasteiger partial charge is 0.504 e. The predicted molar refractivity (Wildman–Crippen MR) is 55.5 cm³/mol. The molecule has 3 N–H and O–H groups in total. The molecule has 1 aliphatic rings. The fourth-order valence-electron chi connectivity index (χ4n) is 1.43. The second-order valence-corrected chi connectivity index (χ2v) is 2.94. The molecule has 0 amide bonds. The van der Waals surface area contributed by atoms with Crippen LogP contribution < -0.4 is 10.5 Å². The Kier molecular flexibility index (Phi) is 3.17. The molecule has 1 aliphatic heterocycles. The maximum absolute atomic E-state index is 9.39. The number of halogens is 1. The average molecular weight is 246 g/mol. The predicted octanol–water partition coefficient (Wildman–Crippen LogP) is 1.75. The molecule has 0 fully saturated rings. The number of phenols is 1. The van der Waals surface area contributed by atoms with Gasteiger partial charge in [-0.2, -0.15) is 0 Å². The first-order chi connectivity index (χ1) is 5.79. The molecule has 0 spiro atoms. The van der Waals surface area contributed by atoms with Gasteiger partial charge in [0.25, 0.3) is 0 Å². The van der Waals surface area contributed by atoms with Gasteiger partial charge in [-0.25, -0.2) is 0 Å². The quantitative estimate of drug-likeness (QED) is 0.733. The zero-order chi connectivity index (χ0) is 8.55. The van der Waals surface area contributed by atoms with E-state index in [1.165, 1.54) is 0 Å². The van der Waals surface area contributed by atoms with Crippen LogP contribution in [0.3, 0.4) is 0 Å². The lowest BCUT2D eigenvalue weighted by molar-refractivity contribution is 0.255. The molecule has 1 aromatic rings. The lowest BCUT2D eigenvalue weighted by atomic mass is 10.0. The van der Waals surface area contributed by atoms with Crippen molar-refractivity contribution in [3.05, 3.63) is 23.8 Å². The van der Waals surface area contributed by atoms with Gasteiger partial charge in [0, 0.05) is 18.0 Å². The first kappa shape index (κ1) is 10.3. The first-order valence-electron chi connectivity index (χ1n) is 3.99. The smallest absolute Gasteiger partial charge is 0.165 e. The summed E-state index contributed by atoms with van der Waals surface area (Å²) in [5, 5.41) is 9.39. The minimum Gasteiger partial charge on any atom is -0.504 e. The van der Waals surface area contributed by atoms with Crippen molar-refractivity contribution in [1.29, 1.82) is 0 Å². The number of rotatable bonds is 0. The van der Waals surface area contributed by atoms with Crippen molar-refractivity contribution in [1.82, 2.24) is 0 Å². The van der Waals surface area contributed by atoms with Crippen LogP contribution in [-0.2, 0) is 0 Å². The van der Waals surface area contributed by atoms with Crippen molar-refractivity contribution in [3.63, 3.8) is 0 Å². The second kappa shape index (κ2) is 3.98. The Morgan fingerprint density at radius 2 is 2.23 bits per heavy atom. The van der Waals surface area contributed by atoms with E-state index in [1.54, 1.807) is 12.1 Å². The Bertz CT molecular complexity index is 304. The average Bonchev–Trinajstić information content (AvgIpc) is 2.07.